The highest BCUT2D eigenvalue weighted by Crippen LogP contribution is 2.21. The minimum absolute atomic E-state index is 0.106. The summed E-state index contributed by atoms with van der Waals surface area (Å²) >= 11 is 6.14. The summed E-state index contributed by atoms with van der Waals surface area (Å²) in [6.45, 7) is 1.93. The van der Waals surface area contributed by atoms with Gasteiger partial charge < -0.3 is 10.6 Å². The topological polar surface area (TPSA) is 58.2 Å². The monoisotopic (exact) mass is 392 g/mol. The number of amides is 2. The molecule has 0 aliphatic rings. The van der Waals surface area contributed by atoms with Gasteiger partial charge in [0.25, 0.3) is 5.91 Å². The summed E-state index contributed by atoms with van der Waals surface area (Å²) in [7, 11) is 0. The van der Waals surface area contributed by atoms with Gasteiger partial charge in [0.05, 0.1) is 23.0 Å². The Labute approximate surface area is 169 Å². The van der Waals surface area contributed by atoms with Crippen LogP contribution in [0.4, 0.5) is 5.69 Å². The van der Waals surface area contributed by atoms with Gasteiger partial charge in [-0.1, -0.05) is 72.3 Å². The van der Waals surface area contributed by atoms with E-state index in [0.29, 0.717) is 10.6 Å². The lowest BCUT2D eigenvalue weighted by Crippen LogP contribution is -2.31. The molecular weight excluding hydrogens is 372 g/mol. The molecule has 0 fully saturated rings. The van der Waals surface area contributed by atoms with Gasteiger partial charge in [-0.25, -0.2) is 0 Å². The highest BCUT2D eigenvalue weighted by Gasteiger charge is 2.20. The molecule has 0 bridgehead atoms. The number of carbonyl (C=O) groups is 2. The van der Waals surface area contributed by atoms with Gasteiger partial charge in [0.1, 0.15) is 0 Å². The summed E-state index contributed by atoms with van der Waals surface area (Å²) < 4.78 is 0. The molecule has 0 spiro atoms. The summed E-state index contributed by atoms with van der Waals surface area (Å²) in [5.74, 6) is -0.495. The van der Waals surface area contributed by atoms with Crippen molar-refractivity contribution in [1.29, 1.82) is 0 Å². The van der Waals surface area contributed by atoms with Gasteiger partial charge in [0, 0.05) is 5.69 Å². The number of halogens is 1. The summed E-state index contributed by atoms with van der Waals surface area (Å²) in [5, 5.41) is 6.23. The van der Waals surface area contributed by atoms with E-state index in [2.05, 4.69) is 10.6 Å². The summed E-state index contributed by atoms with van der Waals surface area (Å²) in [6, 6.07) is 23.4. The molecule has 142 valence electrons. The molecule has 2 N–H and O–H groups in total. The standard InChI is InChI=1S/C23H21ClN2O2/c1-16-9-5-8-14-20(16)25-22(27)15-21(17-10-3-2-4-11-17)26-23(28)18-12-6-7-13-19(18)24/h2-14,21H,15H2,1H3,(H,25,27)(H,26,28). The Hall–Kier alpha value is -3.11. The minimum Gasteiger partial charge on any atom is -0.345 e. The van der Waals surface area contributed by atoms with Gasteiger partial charge in [0.15, 0.2) is 0 Å². The number of anilines is 1. The van der Waals surface area contributed by atoms with E-state index < -0.39 is 6.04 Å². The van der Waals surface area contributed by atoms with Crippen LogP contribution in [0.2, 0.25) is 5.02 Å². The van der Waals surface area contributed by atoms with Crippen molar-refractivity contribution in [1.82, 2.24) is 5.32 Å². The number of hydrogen-bond acceptors (Lipinski definition) is 2. The summed E-state index contributed by atoms with van der Waals surface area (Å²) in [4.78, 5) is 25.4. The minimum atomic E-state index is -0.478. The number of nitrogens with one attached hydrogen (secondary N) is 2. The van der Waals surface area contributed by atoms with Crippen LogP contribution in [0.5, 0.6) is 0 Å². The Morgan fingerprint density at radius 3 is 2.25 bits per heavy atom. The van der Waals surface area contributed by atoms with Crippen molar-refractivity contribution >= 4 is 29.1 Å². The molecule has 0 aromatic heterocycles. The van der Waals surface area contributed by atoms with Crippen LogP contribution < -0.4 is 10.6 Å². The second-order valence-electron chi connectivity index (χ2n) is 6.48. The zero-order valence-corrected chi connectivity index (χ0v) is 16.2. The maximum Gasteiger partial charge on any atom is 0.253 e. The Bertz CT molecular complexity index is 973. The van der Waals surface area contributed by atoms with Crippen molar-refractivity contribution in [3.05, 3.63) is 101 Å². The van der Waals surface area contributed by atoms with E-state index in [1.165, 1.54) is 0 Å². The largest absolute Gasteiger partial charge is 0.345 e. The average Bonchev–Trinajstić information content (AvgIpc) is 2.70. The number of benzene rings is 3. The smallest absolute Gasteiger partial charge is 0.253 e. The molecule has 28 heavy (non-hydrogen) atoms. The molecule has 3 aromatic rings. The van der Waals surface area contributed by atoms with Crippen LogP contribution in [0.15, 0.2) is 78.9 Å². The first-order valence-electron chi connectivity index (χ1n) is 9.00. The SMILES string of the molecule is Cc1ccccc1NC(=O)CC(NC(=O)c1ccccc1Cl)c1ccccc1. The molecule has 0 saturated heterocycles. The lowest BCUT2D eigenvalue weighted by atomic mass is 10.0. The van der Waals surface area contributed by atoms with Crippen LogP contribution in [-0.4, -0.2) is 11.8 Å². The van der Waals surface area contributed by atoms with Crippen LogP contribution >= 0.6 is 11.6 Å². The predicted molar refractivity (Wildman–Crippen MR) is 113 cm³/mol. The number of hydrogen-bond donors (Lipinski definition) is 2. The van der Waals surface area contributed by atoms with Gasteiger partial charge in [-0.2, -0.15) is 0 Å². The van der Waals surface area contributed by atoms with Crippen LogP contribution in [0.1, 0.15) is 33.9 Å². The zero-order chi connectivity index (χ0) is 19.9. The number of carbonyl (C=O) groups excluding carboxylic acids is 2. The second kappa shape index (κ2) is 9.20. The van der Waals surface area contributed by atoms with Gasteiger partial charge in [0.2, 0.25) is 5.91 Å². The molecule has 3 aromatic carbocycles. The number of rotatable bonds is 6. The Morgan fingerprint density at radius 1 is 0.893 bits per heavy atom. The van der Waals surface area contributed by atoms with E-state index in [9.17, 15) is 9.59 Å². The fourth-order valence-corrected chi connectivity index (χ4v) is 3.14. The van der Waals surface area contributed by atoms with Crippen molar-refractivity contribution < 1.29 is 9.59 Å². The molecule has 3 rings (SSSR count). The first kappa shape index (κ1) is 19.6. The van der Waals surface area contributed by atoms with Crippen LogP contribution in [0.25, 0.3) is 0 Å². The van der Waals surface area contributed by atoms with E-state index in [1.807, 2.05) is 61.5 Å². The van der Waals surface area contributed by atoms with E-state index >= 15 is 0 Å². The van der Waals surface area contributed by atoms with Crippen molar-refractivity contribution in [2.75, 3.05) is 5.32 Å². The third-order valence-corrected chi connectivity index (χ3v) is 4.76. The van der Waals surface area contributed by atoms with E-state index in [-0.39, 0.29) is 18.2 Å². The molecule has 1 atom stereocenters. The fourth-order valence-electron chi connectivity index (χ4n) is 2.92. The Kier molecular flexibility index (Phi) is 6.45. The Balaban J connectivity index is 1.78. The van der Waals surface area contributed by atoms with E-state index in [1.54, 1.807) is 24.3 Å². The maximum atomic E-state index is 12.7. The molecule has 0 aliphatic carbocycles. The molecule has 0 heterocycles. The molecule has 4 nitrogen and oxygen atoms in total. The highest BCUT2D eigenvalue weighted by atomic mass is 35.5. The number of aryl methyl sites for hydroxylation is 1. The first-order valence-corrected chi connectivity index (χ1v) is 9.38. The molecular formula is C23H21ClN2O2. The zero-order valence-electron chi connectivity index (χ0n) is 15.5. The van der Waals surface area contributed by atoms with Crippen molar-refractivity contribution in [2.45, 2.75) is 19.4 Å². The quantitative estimate of drug-likeness (QED) is 0.609. The average molecular weight is 393 g/mol. The molecule has 5 heteroatoms. The summed E-state index contributed by atoms with van der Waals surface area (Å²) in [5.41, 5.74) is 2.97. The normalized spacial score (nSPS) is 11.5. The van der Waals surface area contributed by atoms with Crippen LogP contribution in [0, 0.1) is 6.92 Å². The van der Waals surface area contributed by atoms with E-state index in [4.69, 9.17) is 11.6 Å². The second-order valence-corrected chi connectivity index (χ2v) is 6.89. The lowest BCUT2D eigenvalue weighted by Gasteiger charge is -2.20. The highest BCUT2D eigenvalue weighted by molar-refractivity contribution is 6.33. The van der Waals surface area contributed by atoms with Gasteiger partial charge in [-0.3, -0.25) is 9.59 Å². The molecule has 0 radical (unpaired) electrons. The van der Waals surface area contributed by atoms with Crippen LogP contribution in [0.3, 0.4) is 0 Å². The van der Waals surface area contributed by atoms with Gasteiger partial charge >= 0.3 is 0 Å². The molecule has 0 saturated carbocycles. The van der Waals surface area contributed by atoms with Crippen molar-refractivity contribution in [2.24, 2.45) is 0 Å². The van der Waals surface area contributed by atoms with Crippen LogP contribution in [-0.2, 0) is 4.79 Å². The molecule has 0 aliphatic heterocycles. The Morgan fingerprint density at radius 2 is 1.54 bits per heavy atom. The van der Waals surface area contributed by atoms with E-state index in [0.717, 1.165) is 16.8 Å². The summed E-state index contributed by atoms with van der Waals surface area (Å²) in [6.07, 6.45) is 0.106. The maximum absolute atomic E-state index is 12.7. The lowest BCUT2D eigenvalue weighted by molar-refractivity contribution is -0.116. The molecule has 1 unspecified atom stereocenters. The number of para-hydroxylation sites is 1. The predicted octanol–water partition coefficient (Wildman–Crippen LogP) is 5.15. The fraction of sp³-hybridized carbons (Fsp3) is 0.130. The van der Waals surface area contributed by atoms with Gasteiger partial charge in [-0.05, 0) is 36.2 Å². The first-order chi connectivity index (χ1) is 13.5. The van der Waals surface area contributed by atoms with Crippen molar-refractivity contribution in [3.8, 4) is 0 Å². The third-order valence-electron chi connectivity index (χ3n) is 4.43. The van der Waals surface area contributed by atoms with Crippen molar-refractivity contribution in [3.63, 3.8) is 0 Å². The van der Waals surface area contributed by atoms with Gasteiger partial charge in [-0.15, -0.1) is 0 Å². The molecule has 2 amide bonds. The third kappa shape index (κ3) is 4.99.